The Morgan fingerprint density at radius 1 is 1.21 bits per heavy atom. The number of hydrogen-bond acceptors (Lipinski definition) is 5. The van der Waals surface area contributed by atoms with Gasteiger partial charge in [-0.1, -0.05) is 6.42 Å². The third-order valence-corrected chi connectivity index (χ3v) is 8.65. The number of methoxy groups -OCH3 is 1. The van der Waals surface area contributed by atoms with E-state index in [0.717, 1.165) is 30.0 Å². The molecule has 0 N–H and O–H groups in total. The van der Waals surface area contributed by atoms with Crippen molar-refractivity contribution < 1.29 is 13.2 Å². The molecule has 1 aliphatic heterocycles. The Balaban J connectivity index is 1.75. The lowest BCUT2D eigenvalue weighted by atomic mass is 10.0. The van der Waals surface area contributed by atoms with Crippen LogP contribution in [0.4, 0.5) is 0 Å². The number of thiophene rings is 1. The van der Waals surface area contributed by atoms with E-state index in [1.165, 1.54) is 19.3 Å². The first-order valence-electron chi connectivity index (χ1n) is 10.3. The summed E-state index contributed by atoms with van der Waals surface area (Å²) in [7, 11) is -1.99. The molecule has 2 heterocycles. The maximum Gasteiger partial charge on any atom is 0.243 e. The van der Waals surface area contributed by atoms with Gasteiger partial charge >= 0.3 is 0 Å². The number of sulfonamides is 1. The van der Waals surface area contributed by atoms with Crippen molar-refractivity contribution in [2.75, 3.05) is 26.7 Å². The third kappa shape index (κ3) is 5.60. The predicted octanol–water partition coefficient (Wildman–Crippen LogP) is 4.52. The molecule has 1 fully saturated rings. The Bertz CT molecular complexity index is 878. The lowest BCUT2D eigenvalue weighted by Gasteiger charge is -2.33. The second-order valence-electron chi connectivity index (χ2n) is 7.78. The minimum absolute atomic E-state index is 0.318. The molecule has 0 aliphatic carbocycles. The zero-order valence-corrected chi connectivity index (χ0v) is 19.3. The van der Waals surface area contributed by atoms with Crippen LogP contribution >= 0.6 is 11.3 Å². The normalized spacial score (nSPS) is 18.3. The van der Waals surface area contributed by atoms with Crippen molar-refractivity contribution in [3.8, 4) is 5.75 Å². The summed E-state index contributed by atoms with van der Waals surface area (Å²) in [6.45, 7) is 7.33. The summed E-state index contributed by atoms with van der Waals surface area (Å²) in [5, 5.41) is 2.03. The molecule has 29 heavy (non-hydrogen) atoms. The molecular formula is C22H32N2O3S2. The zero-order chi connectivity index (χ0) is 20.9. The van der Waals surface area contributed by atoms with E-state index in [4.69, 9.17) is 4.74 Å². The van der Waals surface area contributed by atoms with Crippen molar-refractivity contribution in [1.29, 1.82) is 0 Å². The van der Waals surface area contributed by atoms with Crippen LogP contribution in [0.2, 0.25) is 0 Å². The second-order valence-corrected chi connectivity index (χ2v) is 10.7. The molecule has 5 nitrogen and oxygen atoms in total. The van der Waals surface area contributed by atoms with E-state index in [-0.39, 0.29) is 0 Å². The highest BCUT2D eigenvalue weighted by molar-refractivity contribution is 7.89. The number of hydrogen-bond donors (Lipinski definition) is 0. The van der Waals surface area contributed by atoms with Gasteiger partial charge in [0.05, 0.1) is 12.0 Å². The smallest absolute Gasteiger partial charge is 0.243 e. The Morgan fingerprint density at radius 2 is 1.97 bits per heavy atom. The van der Waals surface area contributed by atoms with Gasteiger partial charge in [-0.25, -0.2) is 8.42 Å². The van der Waals surface area contributed by atoms with E-state index in [1.54, 1.807) is 47.0 Å². The van der Waals surface area contributed by atoms with E-state index in [9.17, 15) is 8.42 Å². The fourth-order valence-corrected chi connectivity index (χ4v) is 6.30. The summed E-state index contributed by atoms with van der Waals surface area (Å²) in [6, 6.07) is 9.32. The van der Waals surface area contributed by atoms with Crippen molar-refractivity contribution in [1.82, 2.24) is 9.21 Å². The van der Waals surface area contributed by atoms with Gasteiger partial charge in [-0.05, 0) is 87.5 Å². The van der Waals surface area contributed by atoms with E-state index < -0.39 is 10.0 Å². The molecule has 1 atom stereocenters. The van der Waals surface area contributed by atoms with Gasteiger partial charge < -0.3 is 9.64 Å². The number of benzene rings is 1. The lowest BCUT2D eigenvalue weighted by Crippen LogP contribution is -2.40. The molecule has 0 radical (unpaired) electrons. The van der Waals surface area contributed by atoms with Gasteiger partial charge in [0.2, 0.25) is 10.0 Å². The van der Waals surface area contributed by atoms with E-state index in [2.05, 4.69) is 11.8 Å². The summed E-state index contributed by atoms with van der Waals surface area (Å²) in [5.74, 6) is 0.656. The van der Waals surface area contributed by atoms with Crippen LogP contribution in [0.5, 0.6) is 5.75 Å². The van der Waals surface area contributed by atoms with E-state index in [1.807, 2.05) is 18.4 Å². The van der Waals surface area contributed by atoms with Crippen LogP contribution in [0.3, 0.4) is 0 Å². The molecule has 0 amide bonds. The Kier molecular flexibility index (Phi) is 7.73. The average molecular weight is 437 g/mol. The first kappa shape index (κ1) is 22.3. The fourth-order valence-electron chi connectivity index (χ4n) is 3.85. The number of rotatable bonds is 9. The topological polar surface area (TPSA) is 49.9 Å². The van der Waals surface area contributed by atoms with Crippen LogP contribution in [0, 0.1) is 6.92 Å². The van der Waals surface area contributed by atoms with Gasteiger partial charge in [-0.3, -0.25) is 0 Å². The maximum atomic E-state index is 13.4. The summed E-state index contributed by atoms with van der Waals surface area (Å²) in [5.41, 5.74) is 1.15. The molecular weight excluding hydrogens is 404 g/mol. The molecule has 1 aromatic carbocycles. The molecule has 7 heteroatoms. The molecule has 0 bridgehead atoms. The number of ether oxygens (including phenoxy) is 1. The number of nitrogens with zero attached hydrogens (tertiary/aromatic N) is 2. The second kappa shape index (κ2) is 10.1. The van der Waals surface area contributed by atoms with E-state index in [0.29, 0.717) is 29.8 Å². The standard InChI is InChI=1S/C22H32N2O3S2/c1-18-12-16-28-22(18)17-24(15-6-14-23-13-5-4-7-19(23)2)29(25,26)21-10-8-20(27-3)9-11-21/h8-12,16,19H,4-7,13-15,17H2,1-3H3. The molecule has 1 saturated heterocycles. The largest absolute Gasteiger partial charge is 0.497 e. The quantitative estimate of drug-likeness (QED) is 0.580. The van der Waals surface area contributed by atoms with Crippen LogP contribution in [0.1, 0.15) is 43.0 Å². The van der Waals surface area contributed by atoms with Crippen LogP contribution in [0.15, 0.2) is 40.6 Å². The van der Waals surface area contributed by atoms with Crippen molar-refractivity contribution >= 4 is 21.4 Å². The van der Waals surface area contributed by atoms with Gasteiger partial charge in [0, 0.05) is 24.0 Å². The highest BCUT2D eigenvalue weighted by atomic mass is 32.2. The first-order chi connectivity index (χ1) is 13.9. The SMILES string of the molecule is COc1ccc(S(=O)(=O)N(CCCN2CCCCC2C)Cc2sccc2C)cc1. The summed E-state index contributed by atoms with van der Waals surface area (Å²) in [4.78, 5) is 3.92. The number of aryl methyl sites for hydroxylation is 1. The summed E-state index contributed by atoms with van der Waals surface area (Å²) < 4.78 is 33.6. The molecule has 0 spiro atoms. The van der Waals surface area contributed by atoms with Crippen molar-refractivity contribution in [3.63, 3.8) is 0 Å². The van der Waals surface area contributed by atoms with Gasteiger partial charge in [0.1, 0.15) is 5.75 Å². The minimum Gasteiger partial charge on any atom is -0.497 e. The van der Waals surface area contributed by atoms with Crippen LogP contribution < -0.4 is 4.74 Å². The molecule has 3 rings (SSSR count). The monoisotopic (exact) mass is 436 g/mol. The number of piperidine rings is 1. The lowest BCUT2D eigenvalue weighted by molar-refractivity contribution is 0.155. The zero-order valence-electron chi connectivity index (χ0n) is 17.6. The van der Waals surface area contributed by atoms with Crippen LogP contribution in [-0.2, 0) is 16.6 Å². The van der Waals surface area contributed by atoms with Crippen LogP contribution in [0.25, 0.3) is 0 Å². The molecule has 2 aromatic rings. The van der Waals surface area contributed by atoms with Crippen molar-refractivity contribution in [2.24, 2.45) is 0 Å². The fraction of sp³-hybridized carbons (Fsp3) is 0.545. The van der Waals surface area contributed by atoms with Crippen molar-refractivity contribution in [2.45, 2.75) is 57.0 Å². The molecule has 1 aliphatic rings. The van der Waals surface area contributed by atoms with Gasteiger partial charge in [0.25, 0.3) is 0 Å². The predicted molar refractivity (Wildman–Crippen MR) is 119 cm³/mol. The first-order valence-corrected chi connectivity index (χ1v) is 12.6. The maximum absolute atomic E-state index is 13.4. The van der Waals surface area contributed by atoms with Gasteiger partial charge in [0.15, 0.2) is 0 Å². The number of likely N-dealkylation sites (tertiary alicyclic amines) is 1. The average Bonchev–Trinajstić information content (AvgIpc) is 3.13. The molecule has 1 unspecified atom stereocenters. The highest BCUT2D eigenvalue weighted by Crippen LogP contribution is 2.25. The van der Waals surface area contributed by atoms with E-state index >= 15 is 0 Å². The third-order valence-electron chi connectivity index (χ3n) is 5.78. The Hall–Kier alpha value is -1.41. The highest BCUT2D eigenvalue weighted by Gasteiger charge is 2.26. The Morgan fingerprint density at radius 3 is 2.59 bits per heavy atom. The Labute approximate surface area is 179 Å². The summed E-state index contributed by atoms with van der Waals surface area (Å²) >= 11 is 1.62. The molecule has 0 saturated carbocycles. The minimum atomic E-state index is -3.57. The molecule has 160 valence electrons. The van der Waals surface area contributed by atoms with Gasteiger partial charge in [-0.2, -0.15) is 4.31 Å². The van der Waals surface area contributed by atoms with Gasteiger partial charge in [-0.15, -0.1) is 11.3 Å². The van der Waals surface area contributed by atoms with Crippen molar-refractivity contribution in [3.05, 3.63) is 46.2 Å². The molecule has 1 aromatic heterocycles. The summed E-state index contributed by atoms with van der Waals surface area (Å²) in [6.07, 6.45) is 4.62. The van der Waals surface area contributed by atoms with Crippen LogP contribution in [-0.4, -0.2) is 50.4 Å².